The van der Waals surface area contributed by atoms with Gasteiger partial charge in [-0.05, 0) is 49.6 Å². The molecule has 1 aliphatic rings. The van der Waals surface area contributed by atoms with E-state index in [0.29, 0.717) is 37.0 Å². The first kappa shape index (κ1) is 21.5. The number of benzene rings is 2. The lowest BCUT2D eigenvalue weighted by molar-refractivity contribution is -0.140. The van der Waals surface area contributed by atoms with Gasteiger partial charge in [-0.1, -0.05) is 41.6 Å². The van der Waals surface area contributed by atoms with Crippen LogP contribution in [0.5, 0.6) is 0 Å². The predicted molar refractivity (Wildman–Crippen MR) is 120 cm³/mol. The summed E-state index contributed by atoms with van der Waals surface area (Å²) in [6.07, 6.45) is 0.172. The monoisotopic (exact) mass is 433 g/mol. The summed E-state index contributed by atoms with van der Waals surface area (Å²) in [6, 6.07) is 14.5. The molecule has 1 aromatic heterocycles. The van der Waals surface area contributed by atoms with Crippen LogP contribution in [0, 0.1) is 20.8 Å². The standard InChI is InChI=1S/C24H27N5O3/c1-16-9-10-20(13-17(16)2)26-24(31)29-12-11-28(15-19-7-5-4-6-8-19)23(30)21(29)14-22-25-18(3)27-32-22/h4-10,13,21H,11-12,14-15H2,1-3H3,(H,26,31). The first-order valence-electron chi connectivity index (χ1n) is 10.7. The molecule has 4 rings (SSSR count). The van der Waals surface area contributed by atoms with Crippen molar-refractivity contribution < 1.29 is 14.1 Å². The second-order valence-corrected chi connectivity index (χ2v) is 8.12. The van der Waals surface area contributed by atoms with Gasteiger partial charge >= 0.3 is 6.03 Å². The summed E-state index contributed by atoms with van der Waals surface area (Å²) in [7, 11) is 0. The van der Waals surface area contributed by atoms with E-state index in [1.165, 1.54) is 0 Å². The fraction of sp³-hybridized carbons (Fsp3) is 0.333. The Labute approximate surface area is 187 Å². The summed E-state index contributed by atoms with van der Waals surface area (Å²) in [5, 5.41) is 6.75. The van der Waals surface area contributed by atoms with E-state index in [4.69, 9.17) is 4.52 Å². The van der Waals surface area contributed by atoms with Crippen LogP contribution in [0.3, 0.4) is 0 Å². The topological polar surface area (TPSA) is 91.6 Å². The number of nitrogens with one attached hydrogen (secondary N) is 1. The third kappa shape index (κ3) is 4.80. The van der Waals surface area contributed by atoms with Gasteiger partial charge in [0.05, 0.1) is 6.42 Å². The molecule has 0 spiro atoms. The van der Waals surface area contributed by atoms with Gasteiger partial charge in [-0.25, -0.2) is 4.79 Å². The van der Waals surface area contributed by atoms with Gasteiger partial charge in [0, 0.05) is 25.3 Å². The number of rotatable bonds is 5. The van der Waals surface area contributed by atoms with E-state index in [-0.39, 0.29) is 18.4 Å². The Morgan fingerprint density at radius 2 is 1.88 bits per heavy atom. The van der Waals surface area contributed by atoms with E-state index in [0.717, 1.165) is 16.7 Å². The van der Waals surface area contributed by atoms with E-state index in [2.05, 4.69) is 15.5 Å². The number of carbonyl (C=O) groups excluding carboxylic acids is 2. The van der Waals surface area contributed by atoms with Crippen molar-refractivity contribution in [3.05, 3.63) is 76.9 Å². The molecular weight excluding hydrogens is 406 g/mol. The molecule has 1 saturated heterocycles. The number of carbonyl (C=O) groups is 2. The zero-order valence-electron chi connectivity index (χ0n) is 18.5. The Kier molecular flexibility index (Phi) is 6.20. The largest absolute Gasteiger partial charge is 0.339 e. The molecule has 1 aliphatic heterocycles. The number of amides is 3. The van der Waals surface area contributed by atoms with Crippen LogP contribution in [-0.4, -0.2) is 51.0 Å². The third-order valence-electron chi connectivity index (χ3n) is 5.76. The van der Waals surface area contributed by atoms with E-state index in [1.807, 2.05) is 62.4 Å². The zero-order chi connectivity index (χ0) is 22.7. The molecule has 0 bridgehead atoms. The van der Waals surface area contributed by atoms with E-state index < -0.39 is 6.04 Å². The molecule has 2 aromatic carbocycles. The van der Waals surface area contributed by atoms with Gasteiger partial charge in [-0.3, -0.25) is 4.79 Å². The Balaban J connectivity index is 1.54. The second-order valence-electron chi connectivity index (χ2n) is 8.12. The molecule has 8 nitrogen and oxygen atoms in total. The van der Waals surface area contributed by atoms with Crippen molar-refractivity contribution in [1.29, 1.82) is 0 Å². The average molecular weight is 434 g/mol. The van der Waals surface area contributed by atoms with E-state index in [1.54, 1.807) is 16.7 Å². The first-order valence-corrected chi connectivity index (χ1v) is 10.7. The van der Waals surface area contributed by atoms with Crippen LogP contribution >= 0.6 is 0 Å². The first-order chi connectivity index (χ1) is 15.4. The fourth-order valence-corrected chi connectivity index (χ4v) is 3.84. The molecule has 3 amide bonds. The molecule has 1 atom stereocenters. The summed E-state index contributed by atoms with van der Waals surface area (Å²) >= 11 is 0. The summed E-state index contributed by atoms with van der Waals surface area (Å²) in [4.78, 5) is 34.2. The van der Waals surface area contributed by atoms with Crippen molar-refractivity contribution in [2.75, 3.05) is 18.4 Å². The van der Waals surface area contributed by atoms with Crippen molar-refractivity contribution in [3.8, 4) is 0 Å². The third-order valence-corrected chi connectivity index (χ3v) is 5.76. The Morgan fingerprint density at radius 1 is 1.09 bits per heavy atom. The lowest BCUT2D eigenvalue weighted by atomic mass is 10.1. The molecule has 1 unspecified atom stereocenters. The van der Waals surface area contributed by atoms with Crippen LogP contribution in [0.1, 0.15) is 28.4 Å². The molecule has 8 heteroatoms. The van der Waals surface area contributed by atoms with Crippen LogP contribution in [-0.2, 0) is 17.8 Å². The van der Waals surface area contributed by atoms with Gasteiger partial charge in [0.15, 0.2) is 5.82 Å². The van der Waals surface area contributed by atoms with Crippen LogP contribution in [0.25, 0.3) is 0 Å². The van der Waals surface area contributed by atoms with Crippen molar-refractivity contribution in [2.45, 2.75) is 39.8 Å². The lowest BCUT2D eigenvalue weighted by Gasteiger charge is -2.40. The normalized spacial score (nSPS) is 16.3. The van der Waals surface area contributed by atoms with Gasteiger partial charge in [0.1, 0.15) is 6.04 Å². The molecule has 1 fully saturated rings. The van der Waals surface area contributed by atoms with Gasteiger partial charge in [0.2, 0.25) is 11.8 Å². The summed E-state index contributed by atoms with van der Waals surface area (Å²) < 4.78 is 5.25. The highest BCUT2D eigenvalue weighted by Crippen LogP contribution is 2.21. The summed E-state index contributed by atoms with van der Waals surface area (Å²) in [5.74, 6) is 0.702. The summed E-state index contributed by atoms with van der Waals surface area (Å²) in [6.45, 7) is 7.10. The van der Waals surface area contributed by atoms with Gasteiger partial charge in [-0.15, -0.1) is 0 Å². The Morgan fingerprint density at radius 3 is 2.56 bits per heavy atom. The number of hydrogen-bond acceptors (Lipinski definition) is 5. The number of anilines is 1. The molecule has 2 heterocycles. The molecule has 0 aliphatic carbocycles. The number of aryl methyl sites for hydroxylation is 3. The minimum Gasteiger partial charge on any atom is -0.339 e. The maximum atomic E-state index is 13.4. The maximum absolute atomic E-state index is 13.4. The van der Waals surface area contributed by atoms with E-state index >= 15 is 0 Å². The predicted octanol–water partition coefficient (Wildman–Crippen LogP) is 3.48. The Bertz CT molecular complexity index is 1110. The van der Waals surface area contributed by atoms with Crippen molar-refractivity contribution in [3.63, 3.8) is 0 Å². The fourth-order valence-electron chi connectivity index (χ4n) is 3.84. The molecule has 0 saturated carbocycles. The van der Waals surface area contributed by atoms with E-state index in [9.17, 15) is 9.59 Å². The van der Waals surface area contributed by atoms with Crippen LogP contribution in [0.2, 0.25) is 0 Å². The zero-order valence-corrected chi connectivity index (χ0v) is 18.5. The molecule has 3 aromatic rings. The van der Waals surface area contributed by atoms with Crippen molar-refractivity contribution >= 4 is 17.6 Å². The van der Waals surface area contributed by atoms with Gasteiger partial charge in [0.25, 0.3) is 0 Å². The lowest BCUT2D eigenvalue weighted by Crippen LogP contribution is -2.60. The SMILES string of the molecule is Cc1noc(CC2C(=O)N(Cc3ccccc3)CCN2C(=O)Nc2ccc(C)c(C)c2)n1. The minimum absolute atomic E-state index is 0.133. The number of piperazine rings is 1. The van der Waals surface area contributed by atoms with Crippen molar-refractivity contribution in [1.82, 2.24) is 19.9 Å². The maximum Gasteiger partial charge on any atom is 0.322 e. The molecule has 32 heavy (non-hydrogen) atoms. The second kappa shape index (κ2) is 9.21. The summed E-state index contributed by atoms with van der Waals surface area (Å²) in [5.41, 5.74) is 3.98. The molecule has 0 radical (unpaired) electrons. The van der Waals surface area contributed by atoms with Crippen LogP contribution < -0.4 is 5.32 Å². The minimum atomic E-state index is -0.723. The molecular formula is C24H27N5O3. The van der Waals surface area contributed by atoms with Crippen LogP contribution in [0.4, 0.5) is 10.5 Å². The quantitative estimate of drug-likeness (QED) is 0.665. The highest BCUT2D eigenvalue weighted by molar-refractivity contribution is 5.94. The number of nitrogens with zero attached hydrogens (tertiary/aromatic N) is 4. The smallest absolute Gasteiger partial charge is 0.322 e. The van der Waals surface area contributed by atoms with Gasteiger partial charge in [-0.2, -0.15) is 4.98 Å². The van der Waals surface area contributed by atoms with Gasteiger partial charge < -0.3 is 19.6 Å². The average Bonchev–Trinajstić information content (AvgIpc) is 3.19. The highest BCUT2D eigenvalue weighted by atomic mass is 16.5. The van der Waals surface area contributed by atoms with Crippen LogP contribution in [0.15, 0.2) is 53.1 Å². The molecule has 1 N–H and O–H groups in total. The number of hydrogen-bond donors (Lipinski definition) is 1. The highest BCUT2D eigenvalue weighted by Gasteiger charge is 2.38. The number of urea groups is 1. The van der Waals surface area contributed by atoms with Crippen molar-refractivity contribution in [2.24, 2.45) is 0 Å². The Hall–Kier alpha value is -3.68. The number of aromatic nitrogens is 2. The molecule has 166 valence electrons.